The molecule has 1 unspecified atom stereocenters. The average Bonchev–Trinajstić information content (AvgIpc) is 2.58. The first-order valence-corrected chi connectivity index (χ1v) is 8.51. The van der Waals surface area contributed by atoms with Gasteiger partial charge in [-0.3, -0.25) is 14.2 Å². The molecule has 23 heavy (non-hydrogen) atoms. The zero-order chi connectivity index (χ0) is 17.0. The molecule has 5 nitrogen and oxygen atoms in total. The third kappa shape index (κ3) is 3.47. The molecule has 2 rings (SSSR count). The molecule has 0 bridgehead atoms. The third-order valence-corrected chi connectivity index (χ3v) is 4.76. The van der Waals surface area contributed by atoms with E-state index in [4.69, 9.17) is 0 Å². The number of amides is 1. The third-order valence-electron chi connectivity index (χ3n) is 4.76. The second kappa shape index (κ2) is 7.45. The molecule has 0 aliphatic heterocycles. The Balaban J connectivity index is 2.43. The lowest BCUT2D eigenvalue weighted by Gasteiger charge is -2.26. The van der Waals surface area contributed by atoms with Crippen molar-refractivity contribution in [2.45, 2.75) is 71.4 Å². The minimum atomic E-state index is -0.594. The van der Waals surface area contributed by atoms with Gasteiger partial charge < -0.3 is 5.32 Å². The van der Waals surface area contributed by atoms with Crippen molar-refractivity contribution >= 4 is 5.91 Å². The molecular formula is C18H25N3O2. The smallest absolute Gasteiger partial charge is 0.269 e. The van der Waals surface area contributed by atoms with Crippen LogP contribution in [-0.4, -0.2) is 16.5 Å². The molecule has 1 heterocycles. The first kappa shape index (κ1) is 17.3. The van der Waals surface area contributed by atoms with Gasteiger partial charge in [0, 0.05) is 11.7 Å². The van der Waals surface area contributed by atoms with E-state index in [1.54, 1.807) is 17.6 Å². The van der Waals surface area contributed by atoms with Crippen LogP contribution in [0.5, 0.6) is 0 Å². The summed E-state index contributed by atoms with van der Waals surface area (Å²) < 4.78 is 1.55. The predicted octanol–water partition coefficient (Wildman–Crippen LogP) is 2.46. The molecule has 124 valence electrons. The molecule has 1 aromatic heterocycles. The molecule has 1 atom stereocenters. The van der Waals surface area contributed by atoms with Gasteiger partial charge >= 0.3 is 0 Å². The van der Waals surface area contributed by atoms with Crippen LogP contribution < -0.4 is 10.9 Å². The summed E-state index contributed by atoms with van der Waals surface area (Å²) in [4.78, 5) is 25.2. The van der Waals surface area contributed by atoms with Crippen molar-refractivity contribution in [3.05, 3.63) is 33.2 Å². The van der Waals surface area contributed by atoms with Crippen molar-refractivity contribution in [2.75, 3.05) is 0 Å². The number of nitrogens with zero attached hydrogens (tertiary/aromatic N) is 2. The number of nitriles is 1. The average molecular weight is 315 g/mol. The molecule has 0 saturated heterocycles. The van der Waals surface area contributed by atoms with Crippen LogP contribution in [0.4, 0.5) is 0 Å². The van der Waals surface area contributed by atoms with E-state index in [2.05, 4.69) is 5.32 Å². The van der Waals surface area contributed by atoms with E-state index in [0.29, 0.717) is 0 Å². The number of carbonyl (C=O) groups is 1. The fraction of sp³-hybridized carbons (Fsp3) is 0.611. The largest absolute Gasteiger partial charge is 0.352 e. The van der Waals surface area contributed by atoms with Crippen LogP contribution in [0, 0.1) is 11.3 Å². The summed E-state index contributed by atoms with van der Waals surface area (Å²) in [6, 6.07) is 3.21. The number of carbonyl (C=O) groups excluding carboxylic acids is 1. The van der Waals surface area contributed by atoms with Gasteiger partial charge in [0.25, 0.3) is 5.56 Å². The van der Waals surface area contributed by atoms with Crippen LogP contribution in [-0.2, 0) is 17.6 Å². The lowest BCUT2D eigenvalue weighted by molar-refractivity contribution is -0.124. The van der Waals surface area contributed by atoms with Gasteiger partial charge in [-0.2, -0.15) is 5.26 Å². The lowest BCUT2D eigenvalue weighted by atomic mass is 9.94. The van der Waals surface area contributed by atoms with Gasteiger partial charge in [-0.15, -0.1) is 0 Å². The topological polar surface area (TPSA) is 74.9 Å². The zero-order valence-corrected chi connectivity index (χ0v) is 14.2. The van der Waals surface area contributed by atoms with E-state index in [0.717, 1.165) is 49.8 Å². The Labute approximate surface area is 137 Å². The lowest BCUT2D eigenvalue weighted by Crippen LogP contribution is -2.42. The van der Waals surface area contributed by atoms with E-state index < -0.39 is 6.04 Å². The van der Waals surface area contributed by atoms with Gasteiger partial charge in [0.1, 0.15) is 17.7 Å². The summed E-state index contributed by atoms with van der Waals surface area (Å²) in [5, 5.41) is 12.2. The molecular weight excluding hydrogens is 290 g/mol. The Hall–Kier alpha value is -2.09. The van der Waals surface area contributed by atoms with Gasteiger partial charge in [-0.25, -0.2) is 0 Å². The maximum absolute atomic E-state index is 12.6. The maximum Gasteiger partial charge on any atom is 0.269 e. The molecule has 0 radical (unpaired) electrons. The van der Waals surface area contributed by atoms with Gasteiger partial charge in [0.05, 0.1) is 0 Å². The Bertz CT molecular complexity index is 681. The Morgan fingerprint density at radius 1 is 1.35 bits per heavy atom. The van der Waals surface area contributed by atoms with Crippen LogP contribution in [0.2, 0.25) is 0 Å². The molecule has 0 saturated carbocycles. The maximum atomic E-state index is 12.6. The number of fused-ring (bicyclic) bond motifs is 1. The van der Waals surface area contributed by atoms with Crippen molar-refractivity contribution in [2.24, 2.45) is 0 Å². The molecule has 5 heteroatoms. The van der Waals surface area contributed by atoms with Gasteiger partial charge in [-0.05, 0) is 57.1 Å². The Morgan fingerprint density at radius 3 is 2.61 bits per heavy atom. The molecule has 1 amide bonds. The number of nitrogens with one attached hydrogen (secondary N) is 1. The summed E-state index contributed by atoms with van der Waals surface area (Å²) in [5.74, 6) is -0.149. The Morgan fingerprint density at radius 2 is 2.00 bits per heavy atom. The monoisotopic (exact) mass is 315 g/mol. The standard InChI is InChI=1S/C18H25N3O2/c1-4-15(5-2)20-17(22)12(3)21-16-9-7-6-8-13(16)10-14(11-19)18(21)23/h10,12,15H,4-9H2,1-3H3,(H,20,22). The second-order valence-electron chi connectivity index (χ2n) is 6.22. The molecule has 1 aliphatic carbocycles. The first-order valence-electron chi connectivity index (χ1n) is 8.51. The second-order valence-corrected chi connectivity index (χ2v) is 6.22. The molecule has 0 spiro atoms. The van der Waals surface area contributed by atoms with Crippen LogP contribution in [0.25, 0.3) is 0 Å². The highest BCUT2D eigenvalue weighted by Gasteiger charge is 2.25. The summed E-state index contributed by atoms with van der Waals surface area (Å²) >= 11 is 0. The van der Waals surface area contributed by atoms with Gasteiger partial charge in [-0.1, -0.05) is 13.8 Å². The number of aromatic nitrogens is 1. The molecule has 1 aliphatic rings. The van der Waals surface area contributed by atoms with Crippen molar-refractivity contribution in [3.63, 3.8) is 0 Å². The minimum Gasteiger partial charge on any atom is -0.352 e. The SMILES string of the molecule is CCC(CC)NC(=O)C(C)n1c2c(cc(C#N)c1=O)CCCC2. The van der Waals surface area contributed by atoms with E-state index >= 15 is 0 Å². The highest BCUT2D eigenvalue weighted by atomic mass is 16.2. The van der Waals surface area contributed by atoms with Crippen LogP contribution in [0.3, 0.4) is 0 Å². The van der Waals surface area contributed by atoms with E-state index in [9.17, 15) is 14.9 Å². The van der Waals surface area contributed by atoms with Crippen LogP contribution in [0.1, 0.15) is 69.3 Å². The van der Waals surface area contributed by atoms with Crippen molar-refractivity contribution in [1.29, 1.82) is 5.26 Å². The number of rotatable bonds is 5. The highest BCUT2D eigenvalue weighted by Crippen LogP contribution is 2.23. The summed E-state index contributed by atoms with van der Waals surface area (Å²) in [7, 11) is 0. The number of aryl methyl sites for hydroxylation is 1. The fourth-order valence-electron chi connectivity index (χ4n) is 3.25. The predicted molar refractivity (Wildman–Crippen MR) is 89.3 cm³/mol. The molecule has 1 aromatic rings. The van der Waals surface area contributed by atoms with Crippen LogP contribution >= 0.6 is 0 Å². The number of hydrogen-bond donors (Lipinski definition) is 1. The van der Waals surface area contributed by atoms with Crippen molar-refractivity contribution < 1.29 is 4.79 Å². The fourth-order valence-corrected chi connectivity index (χ4v) is 3.25. The van der Waals surface area contributed by atoms with E-state index in [-0.39, 0.29) is 23.1 Å². The number of hydrogen-bond acceptors (Lipinski definition) is 3. The Kier molecular flexibility index (Phi) is 5.59. The quantitative estimate of drug-likeness (QED) is 0.907. The van der Waals surface area contributed by atoms with Crippen molar-refractivity contribution in [1.82, 2.24) is 9.88 Å². The summed E-state index contributed by atoms with van der Waals surface area (Å²) in [5.41, 5.74) is 1.75. The zero-order valence-electron chi connectivity index (χ0n) is 14.2. The van der Waals surface area contributed by atoms with Crippen LogP contribution in [0.15, 0.2) is 10.9 Å². The van der Waals surface area contributed by atoms with E-state index in [1.165, 1.54) is 0 Å². The number of pyridine rings is 1. The molecule has 1 N–H and O–H groups in total. The normalized spacial score (nSPS) is 14.9. The minimum absolute atomic E-state index is 0.121. The molecule has 0 fully saturated rings. The van der Waals surface area contributed by atoms with Gasteiger partial charge in [0.15, 0.2) is 0 Å². The first-order chi connectivity index (χ1) is 11.0. The summed E-state index contributed by atoms with van der Waals surface area (Å²) in [6.45, 7) is 5.81. The molecule has 0 aromatic carbocycles. The van der Waals surface area contributed by atoms with Crippen molar-refractivity contribution in [3.8, 4) is 6.07 Å². The van der Waals surface area contributed by atoms with E-state index in [1.807, 2.05) is 19.9 Å². The highest BCUT2D eigenvalue weighted by molar-refractivity contribution is 5.80. The summed E-state index contributed by atoms with van der Waals surface area (Å²) in [6.07, 6.45) is 5.45. The van der Waals surface area contributed by atoms with Gasteiger partial charge in [0.2, 0.25) is 5.91 Å².